The van der Waals surface area contributed by atoms with E-state index in [0.29, 0.717) is 0 Å². The van der Waals surface area contributed by atoms with Gasteiger partial charge in [-0.1, -0.05) is 52.3 Å². The van der Waals surface area contributed by atoms with Crippen molar-refractivity contribution in [3.05, 3.63) is 70.1 Å². The van der Waals surface area contributed by atoms with Crippen molar-refractivity contribution < 1.29 is 4.42 Å². The summed E-state index contributed by atoms with van der Waals surface area (Å²) in [5, 5.41) is 2.51. The molecule has 0 bridgehead atoms. The van der Waals surface area contributed by atoms with Gasteiger partial charge in [-0.2, -0.15) is 0 Å². The number of halogens is 2. The van der Waals surface area contributed by atoms with Crippen molar-refractivity contribution >= 4 is 42.6 Å². The van der Waals surface area contributed by atoms with Gasteiger partial charge in [0.15, 0.2) is 4.67 Å². The lowest BCUT2D eigenvalue weighted by atomic mass is 9.96. The molecule has 0 radical (unpaired) electrons. The summed E-state index contributed by atoms with van der Waals surface area (Å²) in [4.78, 5) is 0.0601. The largest absolute Gasteiger partial charge is 0.453 e. The third-order valence-electron chi connectivity index (χ3n) is 3.29. The molecule has 0 aliphatic rings. The molecule has 1 aromatic heterocycles. The molecule has 3 rings (SSSR count). The Kier molecular flexibility index (Phi) is 3.50. The van der Waals surface area contributed by atoms with E-state index in [0.717, 1.165) is 10.4 Å². The van der Waals surface area contributed by atoms with Gasteiger partial charge in [0.1, 0.15) is 5.76 Å². The molecule has 1 heterocycles. The zero-order valence-corrected chi connectivity index (χ0v) is 13.5. The van der Waals surface area contributed by atoms with Crippen molar-refractivity contribution in [2.45, 2.75) is 11.8 Å². The summed E-state index contributed by atoms with van der Waals surface area (Å²) in [6.45, 7) is 2.13. The fourth-order valence-electron chi connectivity index (χ4n) is 2.35. The molecule has 0 amide bonds. The third kappa shape index (κ3) is 2.37. The van der Waals surface area contributed by atoms with Gasteiger partial charge in [0, 0.05) is 0 Å². The molecule has 0 spiro atoms. The Labute approximate surface area is 128 Å². The van der Waals surface area contributed by atoms with Crippen LogP contribution in [0.5, 0.6) is 0 Å². The average Bonchev–Trinajstić information content (AvgIpc) is 2.85. The van der Waals surface area contributed by atoms with Crippen LogP contribution < -0.4 is 0 Å². The van der Waals surface area contributed by atoms with Gasteiger partial charge in [0.2, 0.25) is 0 Å². The van der Waals surface area contributed by atoms with Crippen molar-refractivity contribution in [2.75, 3.05) is 0 Å². The summed E-state index contributed by atoms with van der Waals surface area (Å²) in [5.74, 6) is 0.909. The summed E-state index contributed by atoms with van der Waals surface area (Å²) in [7, 11) is 0. The molecule has 0 fully saturated rings. The number of rotatable bonds is 2. The first kappa shape index (κ1) is 12.9. The van der Waals surface area contributed by atoms with Crippen LogP contribution in [-0.2, 0) is 0 Å². The van der Waals surface area contributed by atoms with Gasteiger partial charge >= 0.3 is 0 Å². The maximum Gasteiger partial charge on any atom is 0.169 e. The summed E-state index contributed by atoms with van der Waals surface area (Å²) >= 11 is 7.12. The molecule has 19 heavy (non-hydrogen) atoms. The van der Waals surface area contributed by atoms with Gasteiger partial charge < -0.3 is 4.42 Å². The second-order valence-corrected chi connectivity index (χ2v) is 6.22. The smallest absolute Gasteiger partial charge is 0.169 e. The number of benzene rings is 2. The maximum atomic E-state index is 5.67. The van der Waals surface area contributed by atoms with E-state index in [2.05, 4.69) is 75.2 Å². The van der Waals surface area contributed by atoms with Crippen LogP contribution in [0.3, 0.4) is 0 Å². The molecule has 2 aromatic carbocycles. The number of fused-ring (bicyclic) bond motifs is 1. The number of furan rings is 1. The summed E-state index contributed by atoms with van der Waals surface area (Å²) in [6, 6.07) is 16.7. The van der Waals surface area contributed by atoms with Crippen LogP contribution in [0.2, 0.25) is 0 Å². The molecule has 3 aromatic rings. The number of alkyl halides is 1. The standard InChI is InChI=1S/C16H12Br2O/c1-10-6-7-11-4-2-3-5-12(11)15(10)16(18)13-8-9-14(17)19-13/h2-9,16H,1H3. The van der Waals surface area contributed by atoms with E-state index in [1.165, 1.54) is 21.9 Å². The van der Waals surface area contributed by atoms with E-state index in [1.54, 1.807) is 0 Å². The highest BCUT2D eigenvalue weighted by Crippen LogP contribution is 2.38. The Balaban J connectivity index is 2.21. The quantitative estimate of drug-likeness (QED) is 0.498. The molecule has 1 atom stereocenters. The normalized spacial score (nSPS) is 12.8. The van der Waals surface area contributed by atoms with E-state index < -0.39 is 0 Å². The van der Waals surface area contributed by atoms with E-state index in [1.807, 2.05) is 12.1 Å². The minimum absolute atomic E-state index is 0.0601. The Morgan fingerprint density at radius 3 is 2.53 bits per heavy atom. The van der Waals surface area contributed by atoms with Crippen LogP contribution in [0.1, 0.15) is 21.7 Å². The third-order valence-corrected chi connectivity index (χ3v) is 4.62. The average molecular weight is 380 g/mol. The fourth-order valence-corrected chi connectivity index (χ4v) is 3.52. The van der Waals surface area contributed by atoms with Crippen molar-refractivity contribution in [2.24, 2.45) is 0 Å². The van der Waals surface area contributed by atoms with Crippen LogP contribution in [0, 0.1) is 6.92 Å². The van der Waals surface area contributed by atoms with E-state index in [9.17, 15) is 0 Å². The molecule has 1 nitrogen and oxygen atoms in total. The number of aryl methyl sites for hydroxylation is 1. The molecule has 0 aliphatic heterocycles. The monoisotopic (exact) mass is 378 g/mol. The summed E-state index contributed by atoms with van der Waals surface area (Å²) < 4.78 is 6.43. The highest BCUT2D eigenvalue weighted by Gasteiger charge is 2.18. The Morgan fingerprint density at radius 2 is 1.79 bits per heavy atom. The van der Waals surface area contributed by atoms with E-state index in [-0.39, 0.29) is 4.83 Å². The molecule has 0 saturated heterocycles. The predicted octanol–water partition coefficient (Wildman–Crippen LogP) is 5.99. The van der Waals surface area contributed by atoms with Crippen molar-refractivity contribution in [3.8, 4) is 0 Å². The van der Waals surface area contributed by atoms with Crippen molar-refractivity contribution in [1.82, 2.24) is 0 Å². The summed E-state index contributed by atoms with van der Waals surface area (Å²) in [5.41, 5.74) is 2.52. The van der Waals surface area contributed by atoms with Crippen LogP contribution in [0.15, 0.2) is 57.6 Å². The highest BCUT2D eigenvalue weighted by molar-refractivity contribution is 9.10. The molecule has 96 valence electrons. The van der Waals surface area contributed by atoms with E-state index >= 15 is 0 Å². The zero-order chi connectivity index (χ0) is 13.4. The Morgan fingerprint density at radius 1 is 1.00 bits per heavy atom. The van der Waals surface area contributed by atoms with Gasteiger partial charge in [-0.05, 0) is 56.9 Å². The lowest BCUT2D eigenvalue weighted by Gasteiger charge is -2.14. The minimum Gasteiger partial charge on any atom is -0.453 e. The Hall–Kier alpha value is -1.06. The first-order valence-electron chi connectivity index (χ1n) is 6.04. The fraction of sp³-hybridized carbons (Fsp3) is 0.125. The van der Waals surface area contributed by atoms with Crippen LogP contribution in [0.4, 0.5) is 0 Å². The topological polar surface area (TPSA) is 13.1 Å². The second kappa shape index (κ2) is 5.14. The zero-order valence-electron chi connectivity index (χ0n) is 10.4. The first-order chi connectivity index (χ1) is 9.16. The van der Waals surface area contributed by atoms with Crippen LogP contribution in [0.25, 0.3) is 10.8 Å². The maximum absolute atomic E-state index is 5.67. The van der Waals surface area contributed by atoms with Gasteiger partial charge in [-0.3, -0.25) is 0 Å². The predicted molar refractivity (Wildman–Crippen MR) is 85.9 cm³/mol. The molecule has 0 saturated carbocycles. The van der Waals surface area contributed by atoms with E-state index in [4.69, 9.17) is 4.42 Å². The van der Waals surface area contributed by atoms with Gasteiger partial charge in [-0.25, -0.2) is 0 Å². The lowest BCUT2D eigenvalue weighted by molar-refractivity contribution is 0.497. The highest BCUT2D eigenvalue weighted by atomic mass is 79.9. The molecule has 0 N–H and O–H groups in total. The second-order valence-electron chi connectivity index (χ2n) is 4.52. The van der Waals surface area contributed by atoms with Crippen LogP contribution >= 0.6 is 31.9 Å². The number of hydrogen-bond acceptors (Lipinski definition) is 1. The SMILES string of the molecule is Cc1ccc2ccccc2c1C(Br)c1ccc(Br)o1. The van der Waals surface area contributed by atoms with Crippen LogP contribution in [-0.4, -0.2) is 0 Å². The molecule has 3 heteroatoms. The number of hydrogen-bond donors (Lipinski definition) is 0. The molecule has 1 unspecified atom stereocenters. The summed E-state index contributed by atoms with van der Waals surface area (Å²) in [6.07, 6.45) is 0. The minimum atomic E-state index is 0.0601. The lowest BCUT2D eigenvalue weighted by Crippen LogP contribution is -1.96. The van der Waals surface area contributed by atoms with Gasteiger partial charge in [0.25, 0.3) is 0 Å². The molecule has 0 aliphatic carbocycles. The van der Waals surface area contributed by atoms with Crippen molar-refractivity contribution in [3.63, 3.8) is 0 Å². The van der Waals surface area contributed by atoms with Gasteiger partial charge in [-0.15, -0.1) is 0 Å². The molecular formula is C16H12Br2O. The van der Waals surface area contributed by atoms with Gasteiger partial charge in [0.05, 0.1) is 4.83 Å². The molecular weight excluding hydrogens is 368 g/mol. The first-order valence-corrected chi connectivity index (χ1v) is 7.75. The van der Waals surface area contributed by atoms with Crippen molar-refractivity contribution in [1.29, 1.82) is 0 Å². The Bertz CT molecular complexity index is 730.